The van der Waals surface area contributed by atoms with Crippen molar-refractivity contribution in [3.05, 3.63) is 34.1 Å². The van der Waals surface area contributed by atoms with Gasteiger partial charge < -0.3 is 9.13 Å². The van der Waals surface area contributed by atoms with Crippen molar-refractivity contribution >= 4 is 57.1 Å². The maximum atomic E-state index is 6.23. The number of hydrogen-bond donors (Lipinski definition) is 0. The maximum Gasteiger partial charge on any atom is 0.225 e. The molecule has 0 fully saturated rings. The third-order valence-electron chi connectivity index (χ3n) is 3.99. The van der Waals surface area contributed by atoms with Crippen molar-refractivity contribution in [1.82, 2.24) is 39.0 Å². The van der Waals surface area contributed by atoms with Crippen LogP contribution >= 0.6 is 34.8 Å². The second kappa shape index (κ2) is 6.94. The molecule has 0 unspecified atom stereocenters. The van der Waals surface area contributed by atoms with E-state index in [2.05, 4.69) is 29.9 Å². The van der Waals surface area contributed by atoms with E-state index in [-0.39, 0.29) is 5.28 Å². The highest BCUT2D eigenvalue weighted by Crippen LogP contribution is 2.22. The highest BCUT2D eigenvalue weighted by molar-refractivity contribution is 6.35. The Hall–Kier alpha value is -2.03. The van der Waals surface area contributed by atoms with Crippen LogP contribution in [0, 0.1) is 6.92 Å². The molecule has 134 valence electrons. The molecule has 0 aliphatic carbocycles. The first-order valence-electron chi connectivity index (χ1n) is 7.92. The normalized spacial score (nSPS) is 11.7. The van der Waals surface area contributed by atoms with Gasteiger partial charge in [-0.05, 0) is 31.4 Å². The summed E-state index contributed by atoms with van der Waals surface area (Å²) in [6.45, 7) is 3.28. The summed E-state index contributed by atoms with van der Waals surface area (Å²) in [4.78, 5) is 25.1. The molecule has 0 radical (unpaired) electrons. The average molecular weight is 412 g/mol. The molecule has 0 atom stereocenters. The van der Waals surface area contributed by atoms with E-state index in [4.69, 9.17) is 34.8 Å². The Kier molecular flexibility index (Phi) is 4.64. The summed E-state index contributed by atoms with van der Waals surface area (Å²) >= 11 is 18.2. The van der Waals surface area contributed by atoms with Gasteiger partial charge in [-0.1, -0.05) is 23.2 Å². The van der Waals surface area contributed by atoms with E-state index >= 15 is 0 Å². The minimum atomic E-state index is 0.0917. The van der Waals surface area contributed by atoms with Crippen LogP contribution in [0.25, 0.3) is 22.3 Å². The van der Waals surface area contributed by atoms with Crippen molar-refractivity contribution in [2.75, 3.05) is 0 Å². The van der Waals surface area contributed by atoms with Gasteiger partial charge in [0.2, 0.25) is 5.28 Å². The first kappa shape index (κ1) is 17.4. The molecule has 0 aliphatic heterocycles. The molecule has 0 amide bonds. The average Bonchev–Trinajstić information content (AvgIpc) is 3.15. The lowest BCUT2D eigenvalue weighted by molar-refractivity contribution is 0.565. The zero-order valence-corrected chi connectivity index (χ0v) is 16.0. The van der Waals surface area contributed by atoms with Crippen LogP contribution in [0.15, 0.2) is 12.7 Å². The Labute approximate surface area is 163 Å². The molecular weight excluding hydrogens is 399 g/mol. The lowest BCUT2D eigenvalue weighted by atomic mass is 10.3. The smallest absolute Gasteiger partial charge is 0.225 e. The van der Waals surface area contributed by atoms with E-state index in [9.17, 15) is 0 Å². The first-order valence-corrected chi connectivity index (χ1v) is 9.05. The molecule has 4 heterocycles. The van der Waals surface area contributed by atoms with Gasteiger partial charge in [-0.15, -0.1) is 0 Å². The molecule has 4 aromatic heterocycles. The van der Waals surface area contributed by atoms with E-state index in [1.165, 1.54) is 0 Å². The number of aromatic nitrogens is 8. The Morgan fingerprint density at radius 2 is 1.31 bits per heavy atom. The third kappa shape index (κ3) is 3.20. The van der Waals surface area contributed by atoms with Gasteiger partial charge in [0.1, 0.15) is 16.9 Å². The van der Waals surface area contributed by atoms with Crippen molar-refractivity contribution in [3.63, 3.8) is 0 Å². The van der Waals surface area contributed by atoms with Crippen molar-refractivity contribution in [2.24, 2.45) is 0 Å². The van der Waals surface area contributed by atoms with E-state index < -0.39 is 0 Å². The minimum absolute atomic E-state index is 0.0917. The van der Waals surface area contributed by atoms with Crippen LogP contribution < -0.4 is 0 Å². The number of fused-ring (bicyclic) bond motifs is 2. The molecule has 4 aromatic rings. The van der Waals surface area contributed by atoms with Gasteiger partial charge in [-0.3, -0.25) is 0 Å². The summed E-state index contributed by atoms with van der Waals surface area (Å²) in [7, 11) is 0. The largest absolute Gasteiger partial charge is 0.327 e. The molecule has 0 bridgehead atoms. The number of rotatable bonds is 5. The van der Waals surface area contributed by atoms with Gasteiger partial charge in [0, 0.05) is 13.1 Å². The number of nitrogens with zero attached hydrogens (tertiary/aromatic N) is 8. The van der Waals surface area contributed by atoms with Gasteiger partial charge in [0.25, 0.3) is 0 Å². The van der Waals surface area contributed by atoms with Crippen LogP contribution in [0.1, 0.15) is 18.7 Å². The van der Waals surface area contributed by atoms with Gasteiger partial charge in [-0.25, -0.2) is 24.9 Å². The molecule has 0 saturated heterocycles. The van der Waals surface area contributed by atoms with Crippen molar-refractivity contribution in [2.45, 2.75) is 32.9 Å². The molecular formula is C15H13Cl3N8. The molecule has 4 rings (SSSR count). The summed E-state index contributed by atoms with van der Waals surface area (Å²) < 4.78 is 3.90. The van der Waals surface area contributed by atoms with Crippen molar-refractivity contribution < 1.29 is 0 Å². The molecule has 11 heteroatoms. The number of halogens is 3. The van der Waals surface area contributed by atoms with Crippen LogP contribution in [0.4, 0.5) is 0 Å². The van der Waals surface area contributed by atoms with Gasteiger partial charge >= 0.3 is 0 Å². The van der Waals surface area contributed by atoms with Gasteiger partial charge in [-0.2, -0.15) is 4.98 Å². The van der Waals surface area contributed by atoms with Crippen LogP contribution in [-0.2, 0) is 13.1 Å². The Morgan fingerprint density at radius 1 is 0.769 bits per heavy atom. The predicted molar refractivity (Wildman–Crippen MR) is 99.6 cm³/mol. The zero-order valence-electron chi connectivity index (χ0n) is 13.7. The molecule has 8 nitrogen and oxygen atoms in total. The molecule has 26 heavy (non-hydrogen) atoms. The van der Waals surface area contributed by atoms with E-state index in [0.717, 1.165) is 31.4 Å². The second-order valence-electron chi connectivity index (χ2n) is 5.77. The topological polar surface area (TPSA) is 87.2 Å². The van der Waals surface area contributed by atoms with Gasteiger partial charge in [0.05, 0.1) is 12.7 Å². The van der Waals surface area contributed by atoms with Crippen LogP contribution in [0.2, 0.25) is 15.6 Å². The molecule has 0 saturated carbocycles. The van der Waals surface area contributed by atoms with Crippen molar-refractivity contribution in [3.8, 4) is 0 Å². The summed E-state index contributed by atoms with van der Waals surface area (Å²) in [5.41, 5.74) is 2.56. The fourth-order valence-corrected chi connectivity index (χ4v) is 3.65. The summed E-state index contributed by atoms with van der Waals surface area (Å²) in [5.74, 6) is 0.610. The van der Waals surface area contributed by atoms with Crippen LogP contribution in [0.5, 0.6) is 0 Å². The maximum absolute atomic E-state index is 6.23. The fraction of sp³-hybridized carbons (Fsp3) is 0.333. The highest BCUT2D eigenvalue weighted by atomic mass is 35.5. The number of aryl methyl sites for hydroxylation is 3. The van der Waals surface area contributed by atoms with E-state index in [0.29, 0.717) is 32.9 Å². The highest BCUT2D eigenvalue weighted by Gasteiger charge is 2.12. The number of imidazole rings is 2. The third-order valence-corrected chi connectivity index (χ3v) is 4.69. The van der Waals surface area contributed by atoms with Crippen LogP contribution in [0.3, 0.4) is 0 Å². The quantitative estimate of drug-likeness (QED) is 0.282. The lowest BCUT2D eigenvalue weighted by Crippen LogP contribution is -2.02. The number of hydrogen-bond acceptors (Lipinski definition) is 6. The minimum Gasteiger partial charge on any atom is -0.327 e. The summed E-state index contributed by atoms with van der Waals surface area (Å²) in [6, 6.07) is 0. The number of unbranched alkanes of at least 4 members (excludes halogenated alkanes) is 1. The monoisotopic (exact) mass is 410 g/mol. The van der Waals surface area contributed by atoms with E-state index in [1.807, 2.05) is 9.13 Å². The van der Waals surface area contributed by atoms with Gasteiger partial charge in [0.15, 0.2) is 21.6 Å². The van der Waals surface area contributed by atoms with Crippen LogP contribution in [-0.4, -0.2) is 39.0 Å². The second-order valence-corrected chi connectivity index (χ2v) is 6.83. The SMILES string of the molecule is Cc1nc(Cl)c2c(ncn2CCCCn2cnc3nc(Cl)nc(Cl)c32)n1. The molecule has 0 aliphatic rings. The summed E-state index contributed by atoms with van der Waals surface area (Å²) in [6.07, 6.45) is 5.24. The zero-order chi connectivity index (χ0) is 18.3. The Balaban J connectivity index is 1.45. The Morgan fingerprint density at radius 3 is 1.92 bits per heavy atom. The lowest BCUT2D eigenvalue weighted by Gasteiger charge is -2.07. The summed E-state index contributed by atoms with van der Waals surface area (Å²) in [5, 5.41) is 0.817. The molecule has 0 spiro atoms. The Bertz CT molecular complexity index is 1020. The standard InChI is InChI=1S/C15H13Cl3N8/c1-8-21-11(16)9-13(22-8)19-6-25(9)4-2-3-5-26-7-20-14-10(26)12(17)23-15(18)24-14/h6-7H,2-5H2,1H3. The molecule has 0 N–H and O–H groups in total. The molecule has 0 aromatic carbocycles. The van der Waals surface area contributed by atoms with Crippen molar-refractivity contribution in [1.29, 1.82) is 0 Å². The first-order chi connectivity index (χ1) is 12.5. The predicted octanol–water partition coefficient (Wildman–Crippen LogP) is 3.72. The fourth-order valence-electron chi connectivity index (χ4n) is 2.85. The van der Waals surface area contributed by atoms with E-state index in [1.54, 1.807) is 19.6 Å².